The number of nitrogens with one attached hydrogen (secondary N) is 2. The summed E-state index contributed by atoms with van der Waals surface area (Å²) in [5.41, 5.74) is 5.08. The van der Waals surface area contributed by atoms with Gasteiger partial charge in [-0.3, -0.25) is 5.41 Å². The monoisotopic (exact) mass is 245 g/mol. The van der Waals surface area contributed by atoms with Crippen molar-refractivity contribution < 1.29 is 12.8 Å². The first-order valence-corrected chi connectivity index (χ1v) is 5.98. The second-order valence-corrected chi connectivity index (χ2v) is 4.89. The Hall–Kier alpha value is -1.47. The van der Waals surface area contributed by atoms with E-state index in [1.54, 1.807) is 0 Å². The summed E-state index contributed by atoms with van der Waals surface area (Å²) in [7, 11) is -3.64. The van der Waals surface area contributed by atoms with E-state index in [0.717, 1.165) is 12.1 Å². The Labute approximate surface area is 93.0 Å². The van der Waals surface area contributed by atoms with Gasteiger partial charge in [-0.1, -0.05) is 0 Å². The third-order valence-electron chi connectivity index (χ3n) is 1.81. The molecule has 0 radical (unpaired) electrons. The Morgan fingerprint density at radius 2 is 1.94 bits per heavy atom. The Morgan fingerprint density at radius 1 is 1.38 bits per heavy atom. The summed E-state index contributed by atoms with van der Waals surface area (Å²) in [5.74, 6) is -0.593. The summed E-state index contributed by atoms with van der Waals surface area (Å²) in [5, 5.41) is 6.93. The molecule has 0 amide bonds. The molecule has 0 spiro atoms. The highest BCUT2D eigenvalue weighted by molar-refractivity contribution is 7.89. The van der Waals surface area contributed by atoms with Crippen molar-refractivity contribution in [2.75, 3.05) is 6.54 Å². The molecule has 1 rings (SSSR count). The number of rotatable bonds is 5. The van der Waals surface area contributed by atoms with Gasteiger partial charge in [0, 0.05) is 13.0 Å². The van der Waals surface area contributed by atoms with Gasteiger partial charge in [-0.25, -0.2) is 17.5 Å². The van der Waals surface area contributed by atoms with Gasteiger partial charge < -0.3 is 5.73 Å². The summed E-state index contributed by atoms with van der Waals surface area (Å²) >= 11 is 0. The van der Waals surface area contributed by atoms with E-state index >= 15 is 0 Å². The lowest BCUT2D eigenvalue weighted by Gasteiger charge is -2.05. The van der Waals surface area contributed by atoms with Gasteiger partial charge in [0.05, 0.1) is 10.7 Å². The van der Waals surface area contributed by atoms with Crippen LogP contribution >= 0.6 is 0 Å². The molecule has 0 aliphatic heterocycles. The van der Waals surface area contributed by atoms with E-state index in [1.807, 2.05) is 0 Å². The van der Waals surface area contributed by atoms with Crippen molar-refractivity contribution in [3.63, 3.8) is 0 Å². The van der Waals surface area contributed by atoms with Crippen LogP contribution in [-0.2, 0) is 10.0 Å². The smallest absolute Gasteiger partial charge is 0.240 e. The Kier molecular flexibility index (Phi) is 3.97. The SMILES string of the molecule is N=C(N)CCNS(=O)(=O)c1ccc(F)cc1. The second kappa shape index (κ2) is 5.04. The van der Waals surface area contributed by atoms with Crippen LogP contribution in [0, 0.1) is 11.2 Å². The predicted octanol–water partition coefficient (Wildman–Crippen LogP) is 0.430. The first-order valence-electron chi connectivity index (χ1n) is 4.50. The summed E-state index contributed by atoms with van der Waals surface area (Å²) in [6.45, 7) is 0.0506. The van der Waals surface area contributed by atoms with Crippen LogP contribution in [0.15, 0.2) is 29.2 Å². The van der Waals surface area contributed by atoms with Gasteiger partial charge in [0.15, 0.2) is 0 Å². The number of halogens is 1. The van der Waals surface area contributed by atoms with Crippen LogP contribution in [0.3, 0.4) is 0 Å². The summed E-state index contributed by atoms with van der Waals surface area (Å²) in [6.07, 6.45) is 0.139. The minimum atomic E-state index is -3.64. The molecule has 0 bridgehead atoms. The highest BCUT2D eigenvalue weighted by Crippen LogP contribution is 2.09. The number of benzene rings is 1. The van der Waals surface area contributed by atoms with Gasteiger partial charge in [-0.05, 0) is 24.3 Å². The fourth-order valence-electron chi connectivity index (χ4n) is 1.02. The zero-order chi connectivity index (χ0) is 12.2. The molecule has 88 valence electrons. The van der Waals surface area contributed by atoms with E-state index in [1.165, 1.54) is 12.1 Å². The quantitative estimate of drug-likeness (QED) is 0.518. The van der Waals surface area contributed by atoms with Crippen molar-refractivity contribution in [3.05, 3.63) is 30.1 Å². The average molecular weight is 245 g/mol. The molecule has 0 aromatic heterocycles. The molecule has 5 nitrogen and oxygen atoms in total. The molecule has 16 heavy (non-hydrogen) atoms. The molecule has 0 saturated carbocycles. The standard InChI is InChI=1S/C9H12FN3O2S/c10-7-1-3-8(4-2-7)16(14,15)13-6-5-9(11)12/h1-4,13H,5-6H2,(H3,11,12). The zero-order valence-electron chi connectivity index (χ0n) is 8.40. The van der Waals surface area contributed by atoms with Crippen molar-refractivity contribution in [2.24, 2.45) is 5.73 Å². The van der Waals surface area contributed by atoms with Gasteiger partial charge in [-0.15, -0.1) is 0 Å². The van der Waals surface area contributed by atoms with Crippen LogP contribution in [0.25, 0.3) is 0 Å². The molecule has 7 heteroatoms. The van der Waals surface area contributed by atoms with Crippen LogP contribution in [0.5, 0.6) is 0 Å². The molecular weight excluding hydrogens is 233 g/mol. The van der Waals surface area contributed by atoms with Crippen molar-refractivity contribution >= 4 is 15.9 Å². The summed E-state index contributed by atoms with van der Waals surface area (Å²) in [4.78, 5) is -0.0162. The van der Waals surface area contributed by atoms with Crippen LogP contribution < -0.4 is 10.5 Å². The highest BCUT2D eigenvalue weighted by atomic mass is 32.2. The fraction of sp³-hybridized carbons (Fsp3) is 0.222. The molecule has 4 N–H and O–H groups in total. The number of nitrogens with two attached hydrogens (primary N) is 1. The molecule has 0 saturated heterocycles. The van der Waals surface area contributed by atoms with E-state index < -0.39 is 15.8 Å². The molecule has 0 atom stereocenters. The van der Waals surface area contributed by atoms with E-state index in [-0.39, 0.29) is 23.7 Å². The summed E-state index contributed by atoms with van der Waals surface area (Å²) < 4.78 is 38.0. The van der Waals surface area contributed by atoms with E-state index in [4.69, 9.17) is 11.1 Å². The number of hydrogen-bond acceptors (Lipinski definition) is 3. The lowest BCUT2D eigenvalue weighted by atomic mass is 10.4. The molecular formula is C9H12FN3O2S. The fourth-order valence-corrected chi connectivity index (χ4v) is 2.05. The first-order chi connectivity index (χ1) is 7.42. The van der Waals surface area contributed by atoms with E-state index in [2.05, 4.69) is 4.72 Å². The Bertz CT molecular complexity index is 470. The molecule has 0 aliphatic rings. The third kappa shape index (κ3) is 3.59. The molecule has 0 fully saturated rings. The summed E-state index contributed by atoms with van der Waals surface area (Å²) in [6, 6.07) is 4.48. The van der Waals surface area contributed by atoms with Crippen molar-refractivity contribution in [1.82, 2.24) is 4.72 Å². The first kappa shape index (κ1) is 12.6. The average Bonchev–Trinajstić information content (AvgIpc) is 2.17. The van der Waals surface area contributed by atoms with Crippen LogP contribution in [0.2, 0.25) is 0 Å². The van der Waals surface area contributed by atoms with Crippen molar-refractivity contribution in [1.29, 1.82) is 5.41 Å². The Morgan fingerprint density at radius 3 is 2.44 bits per heavy atom. The minimum absolute atomic E-state index is 0.0162. The lowest BCUT2D eigenvalue weighted by Crippen LogP contribution is -2.27. The number of sulfonamides is 1. The highest BCUT2D eigenvalue weighted by Gasteiger charge is 2.12. The van der Waals surface area contributed by atoms with Crippen molar-refractivity contribution in [3.8, 4) is 0 Å². The van der Waals surface area contributed by atoms with E-state index in [0.29, 0.717) is 0 Å². The molecule has 0 heterocycles. The maximum Gasteiger partial charge on any atom is 0.240 e. The molecule has 1 aromatic carbocycles. The molecule has 1 aromatic rings. The Balaban J connectivity index is 2.71. The van der Waals surface area contributed by atoms with Gasteiger partial charge in [-0.2, -0.15) is 0 Å². The van der Waals surface area contributed by atoms with Gasteiger partial charge in [0.1, 0.15) is 5.82 Å². The topological polar surface area (TPSA) is 96.0 Å². The van der Waals surface area contributed by atoms with Gasteiger partial charge in [0.2, 0.25) is 10.0 Å². The van der Waals surface area contributed by atoms with Gasteiger partial charge in [0.25, 0.3) is 0 Å². The third-order valence-corrected chi connectivity index (χ3v) is 3.29. The molecule has 0 unspecified atom stereocenters. The number of hydrogen-bond donors (Lipinski definition) is 3. The van der Waals surface area contributed by atoms with Crippen LogP contribution in [0.4, 0.5) is 4.39 Å². The van der Waals surface area contributed by atoms with Crippen LogP contribution in [-0.4, -0.2) is 20.8 Å². The second-order valence-electron chi connectivity index (χ2n) is 3.13. The normalized spacial score (nSPS) is 11.3. The lowest BCUT2D eigenvalue weighted by molar-refractivity contribution is 0.581. The zero-order valence-corrected chi connectivity index (χ0v) is 9.22. The maximum atomic E-state index is 12.6. The van der Waals surface area contributed by atoms with Crippen LogP contribution in [0.1, 0.15) is 6.42 Å². The largest absolute Gasteiger partial charge is 0.388 e. The van der Waals surface area contributed by atoms with Gasteiger partial charge >= 0.3 is 0 Å². The predicted molar refractivity (Wildman–Crippen MR) is 58.1 cm³/mol. The number of amidine groups is 1. The van der Waals surface area contributed by atoms with Crippen molar-refractivity contribution in [2.45, 2.75) is 11.3 Å². The van der Waals surface area contributed by atoms with E-state index in [9.17, 15) is 12.8 Å². The maximum absolute atomic E-state index is 12.6. The minimum Gasteiger partial charge on any atom is -0.388 e. The molecule has 0 aliphatic carbocycles.